The Morgan fingerprint density at radius 1 is 0.927 bits per heavy atom. The molecule has 1 N–H and O–H groups in total. The van der Waals surface area contributed by atoms with Gasteiger partial charge in [-0.1, -0.05) is 42.0 Å². The number of carbonyl (C=O) groups excluding carboxylic acids is 1. The lowest BCUT2D eigenvalue weighted by Gasteiger charge is -2.15. The molecule has 0 saturated carbocycles. The zero-order valence-electron chi connectivity index (χ0n) is 22.6. The van der Waals surface area contributed by atoms with E-state index in [4.69, 9.17) is 14.2 Å². The molecule has 0 atom stereocenters. The van der Waals surface area contributed by atoms with Crippen molar-refractivity contribution in [2.75, 3.05) is 11.9 Å². The Bertz CT molecular complexity index is 1560. The summed E-state index contributed by atoms with van der Waals surface area (Å²) in [4.78, 5) is 12.9. The van der Waals surface area contributed by atoms with Gasteiger partial charge in [0, 0.05) is 5.69 Å². The molecule has 6 nitrogen and oxygen atoms in total. The van der Waals surface area contributed by atoms with E-state index in [9.17, 15) is 14.4 Å². The molecule has 0 heterocycles. The molecule has 0 radical (unpaired) electrons. The van der Waals surface area contributed by atoms with E-state index in [1.807, 2.05) is 44.2 Å². The number of anilines is 1. The van der Waals surface area contributed by atoms with Crippen molar-refractivity contribution in [2.24, 2.45) is 0 Å². The second kappa shape index (κ2) is 14.3. The highest BCUT2D eigenvalue weighted by Crippen LogP contribution is 2.35. The molecule has 41 heavy (non-hydrogen) atoms. The molecular weight excluding hydrogens is 634 g/mol. The number of rotatable bonds is 11. The second-order valence-corrected chi connectivity index (χ2v) is 10.3. The van der Waals surface area contributed by atoms with Crippen LogP contribution in [0, 0.1) is 27.6 Å². The predicted molar refractivity (Wildman–Crippen MR) is 165 cm³/mol. The van der Waals surface area contributed by atoms with Crippen LogP contribution in [0.3, 0.4) is 0 Å². The van der Waals surface area contributed by atoms with E-state index in [0.717, 1.165) is 14.7 Å². The van der Waals surface area contributed by atoms with Crippen LogP contribution in [0.4, 0.5) is 10.1 Å². The first-order valence-corrected chi connectivity index (χ1v) is 14.0. The van der Waals surface area contributed by atoms with Gasteiger partial charge in [0.2, 0.25) is 0 Å². The topological polar surface area (TPSA) is 80.6 Å². The van der Waals surface area contributed by atoms with Crippen LogP contribution in [0.25, 0.3) is 6.08 Å². The largest absolute Gasteiger partial charge is 0.490 e. The Balaban J connectivity index is 1.43. The number of nitriles is 1. The fourth-order valence-corrected chi connectivity index (χ4v) is 4.59. The molecule has 4 aromatic rings. The first-order chi connectivity index (χ1) is 19.8. The maximum Gasteiger partial charge on any atom is 0.266 e. The van der Waals surface area contributed by atoms with E-state index < -0.39 is 5.91 Å². The summed E-state index contributed by atoms with van der Waals surface area (Å²) in [6.07, 6.45) is 1.50. The average Bonchev–Trinajstić information content (AvgIpc) is 2.97. The molecule has 0 unspecified atom stereocenters. The van der Waals surface area contributed by atoms with E-state index in [1.54, 1.807) is 48.5 Å². The molecule has 0 aliphatic carbocycles. The summed E-state index contributed by atoms with van der Waals surface area (Å²) in [5.74, 6) is 0.824. The molecule has 0 spiro atoms. The molecule has 1 amide bonds. The molecule has 4 aromatic carbocycles. The van der Waals surface area contributed by atoms with E-state index in [1.165, 1.54) is 23.8 Å². The number of halogens is 2. The van der Waals surface area contributed by atoms with Gasteiger partial charge in [-0.25, -0.2) is 4.39 Å². The minimum Gasteiger partial charge on any atom is -0.490 e. The third kappa shape index (κ3) is 8.56. The smallest absolute Gasteiger partial charge is 0.266 e. The summed E-state index contributed by atoms with van der Waals surface area (Å²) < 4.78 is 31.6. The van der Waals surface area contributed by atoms with Gasteiger partial charge in [-0.15, -0.1) is 0 Å². The van der Waals surface area contributed by atoms with Gasteiger partial charge in [0.25, 0.3) is 5.91 Å². The van der Waals surface area contributed by atoms with Crippen LogP contribution in [0.2, 0.25) is 0 Å². The van der Waals surface area contributed by atoms with Gasteiger partial charge in [-0.3, -0.25) is 4.79 Å². The van der Waals surface area contributed by atoms with Crippen molar-refractivity contribution in [2.45, 2.75) is 27.1 Å². The van der Waals surface area contributed by atoms with Crippen molar-refractivity contribution in [1.82, 2.24) is 0 Å². The molecule has 0 aromatic heterocycles. The molecule has 0 bridgehead atoms. The SMILES string of the molecule is CCOc1cc(/C=C(\C#N)C(=O)Nc2ccc(OCc3ccc(C)cc3)cc2)cc(I)c1OCc1ccc(F)cc1. The zero-order valence-corrected chi connectivity index (χ0v) is 24.8. The van der Waals surface area contributed by atoms with Gasteiger partial charge < -0.3 is 19.5 Å². The molecular formula is C33H28FIN2O4. The van der Waals surface area contributed by atoms with Crippen molar-refractivity contribution in [3.05, 3.63) is 122 Å². The quantitative estimate of drug-likeness (QED) is 0.101. The first-order valence-electron chi connectivity index (χ1n) is 12.9. The average molecular weight is 662 g/mol. The van der Waals surface area contributed by atoms with Gasteiger partial charge in [0.1, 0.15) is 36.4 Å². The molecule has 208 valence electrons. The third-order valence-corrected chi connectivity index (χ3v) is 6.74. The summed E-state index contributed by atoms with van der Waals surface area (Å²) >= 11 is 2.12. The van der Waals surface area contributed by atoms with Crippen LogP contribution >= 0.6 is 22.6 Å². The maximum atomic E-state index is 13.2. The Labute approximate surface area is 252 Å². The number of aryl methyl sites for hydroxylation is 1. The van der Waals surface area contributed by atoms with Crippen molar-refractivity contribution in [3.63, 3.8) is 0 Å². The number of nitrogens with one attached hydrogen (secondary N) is 1. The van der Waals surface area contributed by atoms with Crippen molar-refractivity contribution in [3.8, 4) is 23.3 Å². The molecule has 8 heteroatoms. The standard InChI is InChI=1S/C33H28FIN2O4/c1-3-39-31-18-25(17-30(35)32(31)41-21-24-8-10-27(34)11-9-24)16-26(19-36)33(38)37-28-12-14-29(15-13-28)40-20-23-6-4-22(2)5-7-23/h4-18H,3,20-21H2,1-2H3,(H,37,38)/b26-16+. The molecule has 0 aliphatic heterocycles. The lowest BCUT2D eigenvalue weighted by molar-refractivity contribution is -0.112. The second-order valence-electron chi connectivity index (χ2n) is 9.10. The monoisotopic (exact) mass is 662 g/mol. The van der Waals surface area contributed by atoms with Crippen LogP contribution in [0.5, 0.6) is 17.2 Å². The fourth-order valence-electron chi connectivity index (χ4n) is 3.81. The molecule has 0 saturated heterocycles. The van der Waals surface area contributed by atoms with Crippen LogP contribution in [-0.2, 0) is 18.0 Å². The highest BCUT2D eigenvalue weighted by Gasteiger charge is 2.15. The molecule has 0 fully saturated rings. The molecule has 0 aliphatic rings. The van der Waals surface area contributed by atoms with Gasteiger partial charge in [-0.2, -0.15) is 5.26 Å². The number of carbonyl (C=O) groups is 1. The van der Waals surface area contributed by atoms with Crippen LogP contribution < -0.4 is 19.5 Å². The summed E-state index contributed by atoms with van der Waals surface area (Å²) in [5.41, 5.74) is 4.14. The third-order valence-electron chi connectivity index (χ3n) is 5.94. The predicted octanol–water partition coefficient (Wildman–Crippen LogP) is 7.84. The van der Waals surface area contributed by atoms with Crippen molar-refractivity contribution >= 4 is 40.3 Å². The lowest BCUT2D eigenvalue weighted by atomic mass is 10.1. The van der Waals surface area contributed by atoms with Gasteiger partial charge in [-0.05, 0) is 108 Å². The minimum absolute atomic E-state index is 0.0667. The normalized spacial score (nSPS) is 11.0. The number of hydrogen-bond acceptors (Lipinski definition) is 5. The van der Waals surface area contributed by atoms with E-state index in [0.29, 0.717) is 41.7 Å². The van der Waals surface area contributed by atoms with Crippen molar-refractivity contribution < 1.29 is 23.4 Å². The van der Waals surface area contributed by atoms with E-state index in [-0.39, 0.29) is 18.0 Å². The summed E-state index contributed by atoms with van der Waals surface area (Å²) in [6.45, 7) is 4.95. The Kier molecular flexibility index (Phi) is 10.3. The van der Waals surface area contributed by atoms with Crippen LogP contribution in [0.1, 0.15) is 29.2 Å². The zero-order chi connectivity index (χ0) is 29.2. The summed E-state index contributed by atoms with van der Waals surface area (Å²) in [7, 11) is 0. The summed E-state index contributed by atoms with van der Waals surface area (Å²) in [6, 6.07) is 26.7. The lowest BCUT2D eigenvalue weighted by Crippen LogP contribution is -2.13. The Morgan fingerprint density at radius 3 is 2.20 bits per heavy atom. The van der Waals surface area contributed by atoms with Crippen LogP contribution in [-0.4, -0.2) is 12.5 Å². The molecule has 4 rings (SSSR count). The number of nitrogens with zero attached hydrogens (tertiary/aromatic N) is 1. The van der Waals surface area contributed by atoms with E-state index in [2.05, 4.69) is 27.9 Å². The number of ether oxygens (including phenoxy) is 3. The van der Waals surface area contributed by atoms with Gasteiger partial charge in [0.05, 0.1) is 10.2 Å². The van der Waals surface area contributed by atoms with Gasteiger partial charge >= 0.3 is 0 Å². The Morgan fingerprint density at radius 2 is 1.56 bits per heavy atom. The summed E-state index contributed by atoms with van der Waals surface area (Å²) in [5, 5.41) is 12.5. The minimum atomic E-state index is -0.537. The van der Waals surface area contributed by atoms with Gasteiger partial charge in [0.15, 0.2) is 11.5 Å². The highest BCUT2D eigenvalue weighted by atomic mass is 127. The highest BCUT2D eigenvalue weighted by molar-refractivity contribution is 14.1. The van der Waals surface area contributed by atoms with Crippen molar-refractivity contribution in [1.29, 1.82) is 5.26 Å². The van der Waals surface area contributed by atoms with E-state index >= 15 is 0 Å². The number of amides is 1. The number of hydrogen-bond donors (Lipinski definition) is 1. The van der Waals surface area contributed by atoms with Crippen LogP contribution in [0.15, 0.2) is 90.5 Å². The number of benzene rings is 4. The fraction of sp³-hybridized carbons (Fsp3) is 0.152. The maximum absolute atomic E-state index is 13.2. The Hall–Kier alpha value is -4.36. The first kappa shape index (κ1) is 29.6.